The summed E-state index contributed by atoms with van der Waals surface area (Å²) in [6.07, 6.45) is 0.930. The second-order valence-corrected chi connectivity index (χ2v) is 8.22. The molecule has 1 heterocycles. The molecule has 0 saturated heterocycles. The molecule has 0 radical (unpaired) electrons. The van der Waals surface area contributed by atoms with Gasteiger partial charge in [0.2, 0.25) is 10.4 Å². The highest BCUT2D eigenvalue weighted by Gasteiger charge is 2.13. The van der Waals surface area contributed by atoms with Crippen LogP contribution in [0.2, 0.25) is 0 Å². The number of phenols is 1. The third-order valence-electron chi connectivity index (χ3n) is 3.72. The smallest absolute Gasteiger partial charge is 0.267 e. The Morgan fingerprint density at radius 2 is 1.93 bits per heavy atom. The lowest BCUT2D eigenvalue weighted by Gasteiger charge is -2.23. The number of hydrogen-bond acceptors (Lipinski definition) is 6. The lowest BCUT2D eigenvalue weighted by Crippen LogP contribution is -2.37. The highest BCUT2D eigenvalue weighted by Crippen LogP contribution is 2.28. The van der Waals surface area contributed by atoms with Crippen LogP contribution in [0.4, 0.5) is 0 Å². The van der Waals surface area contributed by atoms with Crippen LogP contribution in [0.15, 0.2) is 18.2 Å². The second kappa shape index (κ2) is 9.18. The summed E-state index contributed by atoms with van der Waals surface area (Å²) in [7, 11) is 2.78. The Balaban J connectivity index is 0.000000527. The third-order valence-corrected chi connectivity index (χ3v) is 4.13. The van der Waals surface area contributed by atoms with Gasteiger partial charge in [-0.3, -0.25) is 8.98 Å². The van der Waals surface area contributed by atoms with E-state index in [-0.39, 0.29) is 11.7 Å². The van der Waals surface area contributed by atoms with Crippen molar-refractivity contribution in [3.63, 3.8) is 0 Å². The summed E-state index contributed by atoms with van der Waals surface area (Å²) in [6.45, 7) is 3.49. The van der Waals surface area contributed by atoms with Gasteiger partial charge in [0.15, 0.2) is 0 Å². The lowest BCUT2D eigenvalue weighted by molar-refractivity contribution is -0.870. The van der Waals surface area contributed by atoms with Crippen LogP contribution in [-0.2, 0) is 14.6 Å². The van der Waals surface area contributed by atoms with Gasteiger partial charge in [-0.05, 0) is 24.6 Å². The summed E-state index contributed by atoms with van der Waals surface area (Å²) in [4.78, 5) is 15.2. The van der Waals surface area contributed by atoms with Crippen LogP contribution in [0.1, 0.15) is 22.5 Å². The molecule has 27 heavy (non-hydrogen) atoms. The van der Waals surface area contributed by atoms with Crippen molar-refractivity contribution in [3.05, 3.63) is 29.5 Å². The molecule has 152 valence electrons. The summed E-state index contributed by atoms with van der Waals surface area (Å²) < 4.78 is 31.9. The third kappa shape index (κ3) is 7.95. The molecule has 0 unspecified atom stereocenters. The number of fused-ring (bicyclic) bond motifs is 1. The van der Waals surface area contributed by atoms with Gasteiger partial charge in [0.1, 0.15) is 11.4 Å². The Bertz CT molecular complexity index is 884. The molecule has 0 aliphatic carbocycles. The quantitative estimate of drug-likeness (QED) is 0.287. The number of carbonyl (C=O) groups excluding carboxylic acids is 1. The van der Waals surface area contributed by atoms with Gasteiger partial charge >= 0.3 is 0 Å². The number of aromatic amines is 1. The largest absolute Gasteiger partial charge is 0.726 e. The molecule has 1 aromatic heterocycles. The monoisotopic (exact) mass is 401 g/mol. The van der Waals surface area contributed by atoms with E-state index in [1.165, 1.54) is 0 Å². The number of amides is 1. The predicted octanol–water partition coefficient (Wildman–Crippen LogP) is 1.10. The first-order valence-corrected chi connectivity index (χ1v) is 9.59. The topological polar surface area (TPSA) is 132 Å². The number of carbonyl (C=O) groups is 1. The SMILES string of the molecule is COS(=O)(=O)[O-].Cc1ccc2[nH]c(C(=O)NCCC[N+](C)(C)C)cc2c1O. The number of benzene rings is 1. The highest BCUT2D eigenvalue weighted by molar-refractivity contribution is 7.80. The maximum absolute atomic E-state index is 12.1. The van der Waals surface area contributed by atoms with Gasteiger partial charge in [0.05, 0.1) is 34.8 Å². The molecule has 0 saturated carbocycles. The van der Waals surface area contributed by atoms with Crippen molar-refractivity contribution in [2.24, 2.45) is 0 Å². The number of aryl methyl sites for hydroxylation is 1. The van der Waals surface area contributed by atoms with E-state index >= 15 is 0 Å². The van der Waals surface area contributed by atoms with E-state index in [2.05, 4.69) is 35.6 Å². The van der Waals surface area contributed by atoms with Crippen molar-refractivity contribution in [1.29, 1.82) is 0 Å². The number of quaternary nitrogens is 1. The van der Waals surface area contributed by atoms with Gasteiger partial charge in [-0.15, -0.1) is 0 Å². The van der Waals surface area contributed by atoms with Crippen LogP contribution >= 0.6 is 0 Å². The van der Waals surface area contributed by atoms with Crippen LogP contribution in [0.25, 0.3) is 10.9 Å². The molecular formula is C17H27N3O6S. The molecule has 0 atom stereocenters. The first-order valence-electron chi connectivity index (χ1n) is 8.25. The number of phenolic OH excluding ortho intramolecular Hbond substituents is 1. The van der Waals surface area contributed by atoms with Gasteiger partial charge in [-0.2, -0.15) is 0 Å². The number of rotatable bonds is 6. The molecule has 10 heteroatoms. The lowest BCUT2D eigenvalue weighted by atomic mass is 10.1. The maximum atomic E-state index is 12.1. The molecule has 3 N–H and O–H groups in total. The Morgan fingerprint density at radius 1 is 1.33 bits per heavy atom. The van der Waals surface area contributed by atoms with E-state index < -0.39 is 10.4 Å². The van der Waals surface area contributed by atoms with E-state index in [0.717, 1.165) is 35.6 Å². The zero-order chi connectivity index (χ0) is 20.8. The minimum Gasteiger partial charge on any atom is -0.726 e. The fourth-order valence-corrected chi connectivity index (χ4v) is 2.27. The molecule has 2 aromatic rings. The van der Waals surface area contributed by atoms with Gasteiger partial charge in [0.25, 0.3) is 5.91 Å². The molecule has 0 bridgehead atoms. The summed E-state index contributed by atoms with van der Waals surface area (Å²) in [6, 6.07) is 5.40. The van der Waals surface area contributed by atoms with Crippen molar-refractivity contribution in [2.75, 3.05) is 41.3 Å². The van der Waals surface area contributed by atoms with E-state index in [1.54, 1.807) is 6.07 Å². The highest BCUT2D eigenvalue weighted by atomic mass is 32.3. The zero-order valence-corrected chi connectivity index (χ0v) is 17.0. The Hall–Kier alpha value is -2.14. The fraction of sp³-hybridized carbons (Fsp3) is 0.471. The molecule has 9 nitrogen and oxygen atoms in total. The predicted molar refractivity (Wildman–Crippen MR) is 101 cm³/mol. The number of H-pyrrole nitrogens is 1. The fourth-order valence-electron chi connectivity index (χ4n) is 2.27. The van der Waals surface area contributed by atoms with Crippen molar-refractivity contribution in [1.82, 2.24) is 10.3 Å². The summed E-state index contributed by atoms with van der Waals surface area (Å²) in [5, 5.41) is 13.6. The van der Waals surface area contributed by atoms with E-state index in [4.69, 9.17) is 0 Å². The first kappa shape index (κ1) is 22.9. The number of hydrogen-bond donors (Lipinski definition) is 3. The molecule has 1 amide bonds. The molecule has 0 spiro atoms. The van der Waals surface area contributed by atoms with Gasteiger partial charge in [-0.25, -0.2) is 8.42 Å². The van der Waals surface area contributed by atoms with Crippen molar-refractivity contribution >= 4 is 27.2 Å². The minimum absolute atomic E-state index is 0.135. The number of aromatic nitrogens is 1. The molecule has 0 aliphatic rings. The molecule has 0 aliphatic heterocycles. The average molecular weight is 401 g/mol. The van der Waals surface area contributed by atoms with Crippen LogP contribution in [-0.4, -0.2) is 74.8 Å². The normalized spacial score (nSPS) is 11.8. The zero-order valence-electron chi connectivity index (χ0n) is 16.2. The van der Waals surface area contributed by atoms with Gasteiger partial charge < -0.3 is 24.4 Å². The minimum atomic E-state index is -4.41. The number of aromatic hydroxyl groups is 1. The Morgan fingerprint density at radius 3 is 2.44 bits per heavy atom. The number of nitrogens with one attached hydrogen (secondary N) is 2. The average Bonchev–Trinajstić information content (AvgIpc) is 2.99. The maximum Gasteiger partial charge on any atom is 0.267 e. The first-order chi connectivity index (χ1) is 12.3. The van der Waals surface area contributed by atoms with Crippen molar-refractivity contribution in [2.45, 2.75) is 13.3 Å². The van der Waals surface area contributed by atoms with E-state index in [0.29, 0.717) is 17.6 Å². The van der Waals surface area contributed by atoms with E-state index in [1.807, 2.05) is 19.1 Å². The van der Waals surface area contributed by atoms with Crippen molar-refractivity contribution in [3.8, 4) is 5.75 Å². The molecular weight excluding hydrogens is 374 g/mol. The van der Waals surface area contributed by atoms with Crippen LogP contribution in [0.3, 0.4) is 0 Å². The van der Waals surface area contributed by atoms with Crippen molar-refractivity contribution < 1.29 is 31.5 Å². The van der Waals surface area contributed by atoms with Crippen LogP contribution < -0.4 is 5.32 Å². The summed E-state index contributed by atoms with van der Waals surface area (Å²) >= 11 is 0. The van der Waals surface area contributed by atoms with Crippen LogP contribution in [0.5, 0.6) is 5.75 Å². The molecule has 1 aromatic carbocycles. The number of nitrogens with zero attached hydrogens (tertiary/aromatic N) is 1. The van der Waals surface area contributed by atoms with E-state index in [9.17, 15) is 22.9 Å². The van der Waals surface area contributed by atoms with Crippen LogP contribution in [0, 0.1) is 6.92 Å². The standard InChI is InChI=1S/C16H23N3O2.CH4O4S/c1-11-6-7-13-12(15(11)20)10-14(18-13)16(21)17-8-5-9-19(2,3)4;1-5-6(2,3)4/h6-7,10H,5,8-9H2,1-4H3,(H2-,17,18,20,21);1H3,(H,2,3,4). The van der Waals surface area contributed by atoms with Gasteiger partial charge in [0, 0.05) is 23.9 Å². The summed E-state index contributed by atoms with van der Waals surface area (Å²) in [5.41, 5.74) is 2.06. The summed E-state index contributed by atoms with van der Waals surface area (Å²) in [5.74, 6) is 0.0949. The Kier molecular flexibility index (Phi) is 7.78. The Labute approximate surface area is 159 Å². The molecule has 2 rings (SSSR count). The van der Waals surface area contributed by atoms with Gasteiger partial charge in [-0.1, -0.05) is 6.07 Å². The molecule has 0 fully saturated rings. The second-order valence-electron chi connectivity index (χ2n) is 7.07.